The fourth-order valence-electron chi connectivity index (χ4n) is 2.19. The minimum absolute atomic E-state index is 0.118. The molecule has 0 fully saturated rings. The molecule has 1 rings (SSSR count). The monoisotopic (exact) mass is 304 g/mol. The molecule has 118 valence electrons. The SMILES string of the molecule is CCCC(C(=O)OCC)C(O)c1ccccc1C(F)(F)F. The summed E-state index contributed by atoms with van der Waals surface area (Å²) in [6, 6.07) is 4.74. The minimum atomic E-state index is -4.58. The van der Waals surface area contributed by atoms with Crippen LogP contribution < -0.4 is 0 Å². The van der Waals surface area contributed by atoms with Crippen molar-refractivity contribution in [3.63, 3.8) is 0 Å². The van der Waals surface area contributed by atoms with Crippen LogP contribution in [0.3, 0.4) is 0 Å². The van der Waals surface area contributed by atoms with Crippen LogP contribution in [-0.2, 0) is 15.7 Å². The van der Waals surface area contributed by atoms with Gasteiger partial charge >= 0.3 is 12.1 Å². The van der Waals surface area contributed by atoms with Gasteiger partial charge in [-0.15, -0.1) is 0 Å². The van der Waals surface area contributed by atoms with Gasteiger partial charge in [-0.05, 0) is 25.0 Å². The van der Waals surface area contributed by atoms with Crippen molar-refractivity contribution >= 4 is 5.97 Å². The minimum Gasteiger partial charge on any atom is -0.466 e. The number of aliphatic hydroxyl groups excluding tert-OH is 1. The summed E-state index contributed by atoms with van der Waals surface area (Å²) >= 11 is 0. The van der Waals surface area contributed by atoms with Crippen molar-refractivity contribution in [2.24, 2.45) is 5.92 Å². The van der Waals surface area contributed by atoms with E-state index in [0.29, 0.717) is 6.42 Å². The molecule has 0 aliphatic rings. The van der Waals surface area contributed by atoms with Crippen LogP contribution in [0.5, 0.6) is 0 Å². The first-order valence-electron chi connectivity index (χ1n) is 6.83. The molecule has 6 heteroatoms. The van der Waals surface area contributed by atoms with Crippen LogP contribution in [0.15, 0.2) is 24.3 Å². The maximum Gasteiger partial charge on any atom is 0.416 e. The second kappa shape index (κ2) is 7.45. The van der Waals surface area contributed by atoms with E-state index in [-0.39, 0.29) is 18.6 Å². The number of halogens is 3. The summed E-state index contributed by atoms with van der Waals surface area (Å²) < 4.78 is 43.8. The maximum absolute atomic E-state index is 13.0. The van der Waals surface area contributed by atoms with Crippen LogP contribution in [0.25, 0.3) is 0 Å². The molecule has 0 radical (unpaired) electrons. The number of aliphatic hydroxyl groups is 1. The first-order valence-corrected chi connectivity index (χ1v) is 6.83. The van der Waals surface area contributed by atoms with Crippen molar-refractivity contribution in [1.82, 2.24) is 0 Å². The number of hydrogen-bond acceptors (Lipinski definition) is 3. The average Bonchev–Trinajstić information content (AvgIpc) is 2.43. The molecule has 0 aliphatic heterocycles. The summed E-state index contributed by atoms with van der Waals surface area (Å²) in [6.07, 6.45) is -5.31. The highest BCUT2D eigenvalue weighted by Crippen LogP contribution is 2.37. The van der Waals surface area contributed by atoms with Crippen molar-refractivity contribution in [2.75, 3.05) is 6.61 Å². The van der Waals surface area contributed by atoms with Gasteiger partial charge in [0.2, 0.25) is 0 Å². The molecular weight excluding hydrogens is 285 g/mol. The number of benzene rings is 1. The second-order valence-electron chi connectivity index (χ2n) is 4.68. The largest absolute Gasteiger partial charge is 0.466 e. The van der Waals surface area contributed by atoms with E-state index < -0.39 is 29.7 Å². The molecule has 0 amide bonds. The molecule has 2 atom stereocenters. The third-order valence-electron chi connectivity index (χ3n) is 3.15. The van der Waals surface area contributed by atoms with Gasteiger partial charge in [-0.25, -0.2) is 0 Å². The highest BCUT2D eigenvalue weighted by Gasteiger charge is 2.38. The second-order valence-corrected chi connectivity index (χ2v) is 4.68. The van der Waals surface area contributed by atoms with E-state index in [2.05, 4.69) is 0 Å². The van der Waals surface area contributed by atoms with Gasteiger partial charge < -0.3 is 9.84 Å². The molecule has 1 aromatic rings. The third-order valence-corrected chi connectivity index (χ3v) is 3.15. The lowest BCUT2D eigenvalue weighted by Gasteiger charge is -2.24. The van der Waals surface area contributed by atoms with Crippen LogP contribution in [0.1, 0.15) is 43.9 Å². The molecule has 21 heavy (non-hydrogen) atoms. The maximum atomic E-state index is 13.0. The molecular formula is C15H19F3O3. The Labute approximate surface area is 121 Å². The van der Waals surface area contributed by atoms with E-state index in [1.54, 1.807) is 13.8 Å². The first kappa shape index (κ1) is 17.5. The zero-order chi connectivity index (χ0) is 16.0. The molecule has 0 saturated heterocycles. The van der Waals surface area contributed by atoms with Crippen molar-refractivity contribution < 1.29 is 27.8 Å². The van der Waals surface area contributed by atoms with Crippen molar-refractivity contribution in [3.8, 4) is 0 Å². The van der Waals surface area contributed by atoms with Gasteiger partial charge in [0.05, 0.1) is 24.2 Å². The van der Waals surface area contributed by atoms with Crippen LogP contribution in [0.2, 0.25) is 0 Å². The Hall–Kier alpha value is -1.56. The summed E-state index contributed by atoms with van der Waals surface area (Å²) in [7, 11) is 0. The summed E-state index contributed by atoms with van der Waals surface area (Å²) in [4.78, 5) is 11.8. The predicted octanol–water partition coefficient (Wildman–Crippen LogP) is 3.72. The standard InChI is InChI=1S/C15H19F3O3/c1-3-7-11(14(20)21-4-2)13(19)10-8-5-6-9-12(10)15(16,17)18/h5-6,8-9,11,13,19H,3-4,7H2,1-2H3. The van der Waals surface area contributed by atoms with E-state index in [1.807, 2.05) is 0 Å². The van der Waals surface area contributed by atoms with Gasteiger partial charge in [0, 0.05) is 0 Å². The zero-order valence-electron chi connectivity index (χ0n) is 12.0. The predicted molar refractivity (Wildman–Crippen MR) is 71.4 cm³/mol. The molecule has 0 heterocycles. The first-order chi connectivity index (χ1) is 9.82. The third kappa shape index (κ3) is 4.46. The van der Waals surface area contributed by atoms with Crippen molar-refractivity contribution in [1.29, 1.82) is 0 Å². The Kier molecular flexibility index (Phi) is 6.20. The molecule has 3 nitrogen and oxygen atoms in total. The highest BCUT2D eigenvalue weighted by atomic mass is 19.4. The van der Waals surface area contributed by atoms with E-state index >= 15 is 0 Å². The summed E-state index contributed by atoms with van der Waals surface area (Å²) in [6.45, 7) is 3.51. The lowest BCUT2D eigenvalue weighted by Crippen LogP contribution is -2.26. The molecule has 0 bridgehead atoms. The van der Waals surface area contributed by atoms with E-state index in [9.17, 15) is 23.1 Å². The van der Waals surface area contributed by atoms with Gasteiger partial charge in [0.1, 0.15) is 0 Å². The summed E-state index contributed by atoms with van der Waals surface area (Å²) in [5.41, 5.74) is -1.22. The number of carbonyl (C=O) groups excluding carboxylic acids is 1. The summed E-state index contributed by atoms with van der Waals surface area (Å²) in [5.74, 6) is -1.68. The van der Waals surface area contributed by atoms with Gasteiger partial charge in [-0.2, -0.15) is 13.2 Å². The molecule has 0 spiro atoms. The molecule has 0 aliphatic carbocycles. The Balaban J connectivity index is 3.15. The number of carbonyl (C=O) groups is 1. The van der Waals surface area contributed by atoms with Crippen LogP contribution in [-0.4, -0.2) is 17.7 Å². The van der Waals surface area contributed by atoms with Crippen LogP contribution >= 0.6 is 0 Å². The quantitative estimate of drug-likeness (QED) is 0.815. The van der Waals surface area contributed by atoms with Crippen LogP contribution in [0.4, 0.5) is 13.2 Å². The van der Waals surface area contributed by atoms with Gasteiger partial charge in [0.25, 0.3) is 0 Å². The van der Waals surface area contributed by atoms with Gasteiger partial charge in [0.15, 0.2) is 0 Å². The lowest BCUT2D eigenvalue weighted by molar-refractivity contribution is -0.154. The summed E-state index contributed by atoms with van der Waals surface area (Å²) in [5, 5.41) is 10.3. The zero-order valence-corrected chi connectivity index (χ0v) is 12.0. The Morgan fingerprint density at radius 1 is 1.29 bits per heavy atom. The lowest BCUT2D eigenvalue weighted by atomic mass is 9.89. The molecule has 2 unspecified atom stereocenters. The van der Waals surface area contributed by atoms with E-state index in [0.717, 1.165) is 6.07 Å². The Morgan fingerprint density at radius 3 is 2.43 bits per heavy atom. The van der Waals surface area contributed by atoms with Gasteiger partial charge in [-0.3, -0.25) is 4.79 Å². The van der Waals surface area contributed by atoms with Gasteiger partial charge in [-0.1, -0.05) is 31.5 Å². The fraction of sp³-hybridized carbons (Fsp3) is 0.533. The molecule has 1 aromatic carbocycles. The average molecular weight is 304 g/mol. The van der Waals surface area contributed by atoms with E-state index in [1.165, 1.54) is 18.2 Å². The fourth-order valence-corrected chi connectivity index (χ4v) is 2.19. The number of hydrogen-bond donors (Lipinski definition) is 1. The molecule has 0 saturated carbocycles. The number of alkyl halides is 3. The Morgan fingerprint density at radius 2 is 1.90 bits per heavy atom. The van der Waals surface area contributed by atoms with E-state index in [4.69, 9.17) is 4.74 Å². The smallest absolute Gasteiger partial charge is 0.416 e. The number of esters is 1. The van der Waals surface area contributed by atoms with Crippen molar-refractivity contribution in [2.45, 2.75) is 39.0 Å². The normalized spacial score (nSPS) is 14.6. The Bertz CT molecular complexity index is 471. The number of rotatable bonds is 6. The molecule has 0 aromatic heterocycles. The van der Waals surface area contributed by atoms with Crippen molar-refractivity contribution in [3.05, 3.63) is 35.4 Å². The topological polar surface area (TPSA) is 46.5 Å². The molecule has 1 N–H and O–H groups in total. The highest BCUT2D eigenvalue weighted by molar-refractivity contribution is 5.73. The van der Waals surface area contributed by atoms with Crippen LogP contribution in [0, 0.1) is 5.92 Å². The number of ether oxygens (including phenoxy) is 1.